The van der Waals surface area contributed by atoms with E-state index in [0.717, 1.165) is 115 Å². The van der Waals surface area contributed by atoms with Gasteiger partial charge in [-0.15, -0.1) is 0 Å². The van der Waals surface area contributed by atoms with Crippen LogP contribution in [0.25, 0.3) is 17.2 Å². The standard InChI is InChI=1S/C74H84N4O9S2/c1-41(80)85-38-58-52-16-17-54-64-47(30-51(81)31-61(64)84-3)33-73-26-23-46(32-73)67-53-19-22-63(75)78-59(53)20-15-44-13-14-45(27-42-9-7-11-49(28-42)74(67)24-5-4-6-25-74)57(37-83-2)48(36-79)34-76-35-56-65(44)66(70(58)87-71(52)68(54)73)55-18-21-60-62(86-72(55)69(56)82)40-89-88-39-43-10-8-12-50(29-43)77-60/h7,9,11,16-19,21-22,28,30-31,43-46,48,50,57-58,60,62-63,67,70,76-79,81-82H,4-6,8,10,12,23-27,29,32-40,75H2,1-3H3. The van der Waals surface area contributed by atoms with Crippen LogP contribution in [-0.2, 0) is 44.5 Å². The van der Waals surface area contributed by atoms with E-state index in [4.69, 9.17) is 29.4 Å². The maximum Gasteiger partial charge on any atom is 0.302 e. The number of benzene rings is 4. The number of aliphatic hydroxyl groups excluding tert-OH is 1. The smallest absolute Gasteiger partial charge is 0.302 e. The fraction of sp³-hybridized carbons (Fsp3) is 0.527. The van der Waals surface area contributed by atoms with E-state index in [2.05, 4.69) is 100 Å². The molecule has 89 heavy (non-hydrogen) atoms. The minimum Gasteiger partial charge on any atom is -0.508 e. The molecule has 0 aromatic heterocycles. The fourth-order valence-corrected chi connectivity index (χ4v) is 21.4. The van der Waals surface area contributed by atoms with E-state index in [1.807, 2.05) is 27.7 Å². The molecule has 15 rings (SSSR count). The van der Waals surface area contributed by atoms with Gasteiger partial charge in [0.05, 0.1) is 37.5 Å². The van der Waals surface area contributed by atoms with Crippen molar-refractivity contribution >= 4 is 33.6 Å². The molecule has 0 amide bonds. The highest BCUT2D eigenvalue weighted by Gasteiger charge is 2.57. The number of phenolic OH excluding ortho intramolecular Hbond substituents is 2. The quantitative estimate of drug-likeness (QED) is 0.0549. The molecule has 4 aromatic carbocycles. The Labute approximate surface area is 531 Å². The van der Waals surface area contributed by atoms with Crippen molar-refractivity contribution in [2.45, 2.75) is 156 Å². The number of dihydropyridines is 1. The van der Waals surface area contributed by atoms with Gasteiger partial charge in [0.1, 0.15) is 42.0 Å². The molecule has 4 fully saturated rings. The number of aromatic hydroxyl groups is 2. The first-order valence-corrected chi connectivity index (χ1v) is 35.4. The SMILES string of the molecule is COCC1C2C#CC3C#CC4=C(C=CC(N)N4)C(C4CCC5(Cc6cc(O)cc(OC)c6-c6ccc7c(c65)OC(c5c6c(c(O)c(c53)CNCC1CO)OC1CSSCC3CCCC(C3)NC1C=C6)C7COC(C)=O)C4)C1(CCCCC1)c1cccc(c1)C2. The Bertz CT molecular complexity index is 3700. The van der Waals surface area contributed by atoms with Crippen LogP contribution < -0.4 is 35.9 Å². The molecule has 11 aliphatic rings. The number of hydrogen-bond donors (Lipinski definition) is 7. The van der Waals surface area contributed by atoms with Crippen molar-refractivity contribution in [3.8, 4) is 63.6 Å². The topological polar surface area (TPSA) is 186 Å². The third-order valence-corrected chi connectivity index (χ3v) is 25.1. The van der Waals surface area contributed by atoms with Gasteiger partial charge in [-0.2, -0.15) is 0 Å². The second kappa shape index (κ2) is 24.2. The number of fused-ring (bicyclic) bond motifs is 16. The van der Waals surface area contributed by atoms with Gasteiger partial charge in [0, 0.05) is 119 Å². The van der Waals surface area contributed by atoms with E-state index in [1.165, 1.54) is 36.5 Å². The number of allylic oxidation sites excluding steroid dienone is 3. The predicted octanol–water partition coefficient (Wildman–Crippen LogP) is 11.3. The first-order chi connectivity index (χ1) is 43.4. The van der Waals surface area contributed by atoms with Crippen molar-refractivity contribution in [3.05, 3.63) is 128 Å². The summed E-state index contributed by atoms with van der Waals surface area (Å²) < 4.78 is 34.3. The summed E-state index contributed by atoms with van der Waals surface area (Å²) in [7, 11) is 7.19. The normalized spacial score (nSPS) is 32.5. The molecular weight excluding hydrogens is 1150 g/mol. The molecule has 14 atom stereocenters. The largest absolute Gasteiger partial charge is 0.508 e. The summed E-state index contributed by atoms with van der Waals surface area (Å²) in [5.41, 5.74) is 18.6. The summed E-state index contributed by atoms with van der Waals surface area (Å²) in [6.07, 6.45) is 21.0. The van der Waals surface area contributed by atoms with Crippen LogP contribution in [0.4, 0.5) is 0 Å². The highest BCUT2D eigenvalue weighted by Crippen LogP contribution is 2.66. The summed E-state index contributed by atoms with van der Waals surface area (Å²) in [4.78, 5) is 13.4. The summed E-state index contributed by atoms with van der Waals surface area (Å²) in [5.74, 6) is 17.6. The molecule has 6 heterocycles. The fourth-order valence-electron chi connectivity index (χ4n) is 18.7. The van der Waals surface area contributed by atoms with Gasteiger partial charge in [-0.3, -0.25) is 4.79 Å². The van der Waals surface area contributed by atoms with Crippen LogP contribution in [0, 0.1) is 59.2 Å². The van der Waals surface area contributed by atoms with Crippen molar-refractivity contribution in [2.75, 3.05) is 52.1 Å². The van der Waals surface area contributed by atoms with Gasteiger partial charge in [-0.1, -0.05) is 120 Å². The molecule has 14 unspecified atom stereocenters. The van der Waals surface area contributed by atoms with Crippen LogP contribution in [0.3, 0.4) is 0 Å². The zero-order chi connectivity index (χ0) is 60.7. The van der Waals surface area contributed by atoms with Crippen LogP contribution in [0.2, 0.25) is 0 Å². The van der Waals surface area contributed by atoms with Crippen LogP contribution >= 0.6 is 21.6 Å². The predicted molar refractivity (Wildman–Crippen MR) is 350 cm³/mol. The number of hydrogen-bond acceptors (Lipinski definition) is 15. The lowest BCUT2D eigenvalue weighted by molar-refractivity contribution is -0.141. The number of nitrogens with two attached hydrogens (primary N) is 1. The monoisotopic (exact) mass is 1240 g/mol. The summed E-state index contributed by atoms with van der Waals surface area (Å²) in [5, 5.41) is 48.5. The molecule has 15 heteroatoms. The van der Waals surface area contributed by atoms with Gasteiger partial charge in [0.15, 0.2) is 11.5 Å². The summed E-state index contributed by atoms with van der Waals surface area (Å²) >= 11 is 0. The molecule has 0 radical (unpaired) electrons. The summed E-state index contributed by atoms with van der Waals surface area (Å²) in [6.45, 7) is 2.34. The van der Waals surface area contributed by atoms with E-state index in [0.29, 0.717) is 71.9 Å². The highest BCUT2D eigenvalue weighted by molar-refractivity contribution is 8.76. The molecule has 3 saturated carbocycles. The highest BCUT2D eigenvalue weighted by atomic mass is 33.1. The molecule has 6 aliphatic heterocycles. The second-order valence-electron chi connectivity index (χ2n) is 27.6. The Morgan fingerprint density at radius 2 is 1.79 bits per heavy atom. The maximum absolute atomic E-state index is 13.7. The Morgan fingerprint density at radius 3 is 2.63 bits per heavy atom. The van der Waals surface area contributed by atoms with Crippen molar-refractivity contribution < 1.29 is 43.8 Å². The van der Waals surface area contributed by atoms with Crippen molar-refractivity contribution in [3.63, 3.8) is 0 Å². The zero-order valence-electron chi connectivity index (χ0n) is 51.5. The van der Waals surface area contributed by atoms with Gasteiger partial charge in [-0.05, 0) is 133 Å². The molecular formula is C74H84N4O9S2. The first-order valence-electron chi connectivity index (χ1n) is 33.0. The third kappa shape index (κ3) is 10.5. The van der Waals surface area contributed by atoms with Crippen LogP contribution in [0.5, 0.6) is 28.7 Å². The number of methoxy groups -OCH3 is 2. The van der Waals surface area contributed by atoms with Crippen LogP contribution in [-0.4, -0.2) is 97.7 Å². The molecule has 5 aliphatic carbocycles. The number of phenols is 2. The Kier molecular flexibility index (Phi) is 16.1. The van der Waals surface area contributed by atoms with E-state index in [1.54, 1.807) is 20.3 Å². The van der Waals surface area contributed by atoms with Gasteiger partial charge < -0.3 is 60.7 Å². The van der Waals surface area contributed by atoms with Crippen LogP contribution in [0.15, 0.2) is 78.0 Å². The van der Waals surface area contributed by atoms with Crippen molar-refractivity contribution in [1.82, 2.24) is 16.0 Å². The zero-order valence-corrected chi connectivity index (χ0v) is 53.1. The Hall–Kier alpha value is -6.01. The number of nitrogens with one attached hydrogen (secondary N) is 3. The van der Waals surface area contributed by atoms with Gasteiger partial charge in [0.25, 0.3) is 0 Å². The summed E-state index contributed by atoms with van der Waals surface area (Å²) in [6, 6.07) is 17.7. The van der Waals surface area contributed by atoms with Crippen molar-refractivity contribution in [1.29, 1.82) is 0 Å². The molecule has 4 aromatic rings. The van der Waals surface area contributed by atoms with Gasteiger partial charge in [0.2, 0.25) is 0 Å². The number of aliphatic hydroxyl groups is 1. The maximum atomic E-state index is 13.7. The lowest BCUT2D eigenvalue weighted by Crippen LogP contribution is -2.49. The molecule has 11 bridgehead atoms. The van der Waals surface area contributed by atoms with E-state index in [-0.39, 0.29) is 78.4 Å². The third-order valence-electron chi connectivity index (χ3n) is 22.6. The Morgan fingerprint density at radius 1 is 0.910 bits per heavy atom. The minimum atomic E-state index is -0.850. The van der Waals surface area contributed by atoms with E-state index in [9.17, 15) is 20.1 Å². The van der Waals surface area contributed by atoms with Gasteiger partial charge in [-0.25, -0.2) is 0 Å². The molecule has 1 saturated heterocycles. The lowest BCUT2D eigenvalue weighted by Gasteiger charge is -2.49. The van der Waals surface area contributed by atoms with E-state index < -0.39 is 35.5 Å². The number of carbonyl (C=O) groups excluding carboxylic acids is 1. The Balaban J connectivity index is 1.08. The molecule has 13 nitrogen and oxygen atoms in total. The number of esters is 1. The molecule has 8 N–H and O–H groups in total. The minimum absolute atomic E-state index is 0.0106. The second-order valence-corrected chi connectivity index (χ2v) is 30.2. The average Bonchev–Trinajstić information content (AvgIpc) is 1.66. The lowest BCUT2D eigenvalue weighted by atomic mass is 9.55. The first kappa shape index (κ1) is 59.3. The van der Waals surface area contributed by atoms with Crippen molar-refractivity contribution in [2.24, 2.45) is 41.2 Å². The molecule has 466 valence electrons. The molecule has 2 spiro atoms. The number of ether oxygens (including phenoxy) is 5. The average molecular weight is 1240 g/mol. The number of rotatable bonds is 6. The van der Waals surface area contributed by atoms with Crippen LogP contribution in [0.1, 0.15) is 152 Å². The van der Waals surface area contributed by atoms with Gasteiger partial charge >= 0.3 is 5.97 Å². The van der Waals surface area contributed by atoms with E-state index >= 15 is 0 Å². The number of carbonyl (C=O) groups is 1.